The molecular weight excluding hydrogens is 438 g/mol. The van der Waals surface area contributed by atoms with Crippen LogP contribution in [0.1, 0.15) is 17.3 Å². The monoisotopic (exact) mass is 457 g/mol. The van der Waals surface area contributed by atoms with E-state index in [2.05, 4.69) is 10.3 Å². The van der Waals surface area contributed by atoms with Gasteiger partial charge in [-0.3, -0.25) is 18.7 Å². The molecule has 0 saturated heterocycles. The summed E-state index contributed by atoms with van der Waals surface area (Å²) in [6.45, 7) is 1.61. The fraction of sp³-hybridized carbons (Fsp3) is 0.250. The van der Waals surface area contributed by atoms with Crippen molar-refractivity contribution in [1.82, 2.24) is 18.7 Å². The lowest BCUT2D eigenvalue weighted by atomic mass is 10.1. The van der Waals surface area contributed by atoms with Crippen LogP contribution in [0.2, 0.25) is 0 Å². The number of nitrogens with one attached hydrogen (secondary N) is 1. The number of hydrogen-bond acceptors (Lipinski definition) is 8. The standard InChI is InChI=1S/C20H19N5O6S/c1-4-30-19(28)14-11(12-6-5-7-31-12)9-32-17(14)22-13(26)8-25-10-21-16-15(25)18(27)24(3)20(29)23(16)2/h5-7,9-10H,4,8H2,1-3H3,(H,22,26). The second kappa shape index (κ2) is 8.30. The minimum Gasteiger partial charge on any atom is -0.464 e. The molecule has 1 N–H and O–H groups in total. The average molecular weight is 457 g/mol. The Hall–Kier alpha value is -3.93. The molecule has 0 saturated carbocycles. The van der Waals surface area contributed by atoms with Crippen molar-refractivity contribution in [3.8, 4) is 11.3 Å². The van der Waals surface area contributed by atoms with Gasteiger partial charge in [-0.15, -0.1) is 11.3 Å². The lowest BCUT2D eigenvalue weighted by Gasteiger charge is -2.09. The lowest BCUT2D eigenvalue weighted by Crippen LogP contribution is -2.37. The zero-order valence-corrected chi connectivity index (χ0v) is 18.3. The van der Waals surface area contributed by atoms with E-state index in [1.165, 1.54) is 35.8 Å². The van der Waals surface area contributed by atoms with Gasteiger partial charge in [0.25, 0.3) is 5.56 Å². The second-order valence-corrected chi connectivity index (χ2v) is 7.73. The molecule has 32 heavy (non-hydrogen) atoms. The van der Waals surface area contributed by atoms with E-state index in [0.717, 1.165) is 15.9 Å². The van der Waals surface area contributed by atoms with Crippen LogP contribution in [0.4, 0.5) is 5.00 Å². The Balaban J connectivity index is 1.67. The molecule has 0 atom stereocenters. The molecule has 0 bridgehead atoms. The quantitative estimate of drug-likeness (QED) is 0.435. The summed E-state index contributed by atoms with van der Waals surface area (Å²) in [5, 5.41) is 4.70. The molecule has 4 aromatic rings. The number of furan rings is 1. The molecule has 0 radical (unpaired) electrons. The van der Waals surface area contributed by atoms with Gasteiger partial charge in [0.1, 0.15) is 22.9 Å². The molecule has 11 nitrogen and oxygen atoms in total. The SMILES string of the molecule is CCOC(=O)c1c(-c2ccco2)csc1NC(=O)Cn1cnc2c1c(=O)n(C)c(=O)n2C. The normalized spacial score (nSPS) is 11.1. The summed E-state index contributed by atoms with van der Waals surface area (Å²) in [5.41, 5.74) is -0.0797. The van der Waals surface area contributed by atoms with Crippen LogP contribution in [0.25, 0.3) is 22.5 Å². The first kappa shape index (κ1) is 21.3. The number of ether oxygens (including phenoxy) is 1. The van der Waals surface area contributed by atoms with Crippen LogP contribution < -0.4 is 16.6 Å². The van der Waals surface area contributed by atoms with Crippen molar-refractivity contribution in [2.75, 3.05) is 11.9 Å². The number of hydrogen-bond donors (Lipinski definition) is 1. The fourth-order valence-electron chi connectivity index (χ4n) is 3.31. The van der Waals surface area contributed by atoms with Crippen LogP contribution in [0.3, 0.4) is 0 Å². The van der Waals surface area contributed by atoms with Gasteiger partial charge in [-0.05, 0) is 19.1 Å². The number of rotatable bonds is 6. The first-order valence-electron chi connectivity index (χ1n) is 9.56. The Labute approximate surface area is 184 Å². The highest BCUT2D eigenvalue weighted by atomic mass is 32.1. The molecular formula is C20H19N5O6S. The molecule has 0 unspecified atom stereocenters. The molecule has 1 amide bonds. The van der Waals surface area contributed by atoms with E-state index < -0.39 is 23.1 Å². The number of esters is 1. The first-order valence-corrected chi connectivity index (χ1v) is 10.4. The van der Waals surface area contributed by atoms with E-state index in [9.17, 15) is 19.2 Å². The predicted molar refractivity (Wildman–Crippen MR) is 117 cm³/mol. The van der Waals surface area contributed by atoms with Gasteiger partial charge in [0, 0.05) is 25.0 Å². The van der Waals surface area contributed by atoms with E-state index in [1.807, 2.05) is 0 Å². The number of thiophene rings is 1. The highest BCUT2D eigenvalue weighted by Crippen LogP contribution is 2.36. The van der Waals surface area contributed by atoms with Crippen molar-refractivity contribution in [2.45, 2.75) is 13.5 Å². The zero-order valence-electron chi connectivity index (χ0n) is 17.4. The molecule has 0 aliphatic heterocycles. The first-order chi connectivity index (χ1) is 15.3. The molecule has 4 heterocycles. The van der Waals surface area contributed by atoms with Crippen molar-refractivity contribution in [3.05, 3.63) is 56.5 Å². The summed E-state index contributed by atoms with van der Waals surface area (Å²) in [5.74, 6) is -0.610. The summed E-state index contributed by atoms with van der Waals surface area (Å²) < 4.78 is 14.1. The predicted octanol–water partition coefficient (Wildman–Crippen LogP) is 1.57. The molecule has 4 rings (SSSR count). The van der Waals surface area contributed by atoms with Gasteiger partial charge in [-0.2, -0.15) is 0 Å². The summed E-state index contributed by atoms with van der Waals surface area (Å²) >= 11 is 1.15. The lowest BCUT2D eigenvalue weighted by molar-refractivity contribution is -0.116. The topological polar surface area (TPSA) is 130 Å². The summed E-state index contributed by atoms with van der Waals surface area (Å²) in [6.07, 6.45) is 2.80. The van der Waals surface area contributed by atoms with Crippen LogP contribution in [-0.4, -0.2) is 37.2 Å². The number of imidazole rings is 1. The highest BCUT2D eigenvalue weighted by molar-refractivity contribution is 7.15. The van der Waals surface area contributed by atoms with Gasteiger partial charge in [0.05, 0.1) is 19.2 Å². The Morgan fingerprint density at radius 2 is 2.03 bits per heavy atom. The number of aryl methyl sites for hydroxylation is 1. The minimum absolute atomic E-state index is 0.123. The molecule has 166 valence electrons. The van der Waals surface area contributed by atoms with Gasteiger partial charge < -0.3 is 19.0 Å². The Bertz CT molecular complexity index is 1440. The zero-order chi connectivity index (χ0) is 23.0. The van der Waals surface area contributed by atoms with Crippen molar-refractivity contribution in [3.63, 3.8) is 0 Å². The maximum absolute atomic E-state index is 12.8. The van der Waals surface area contributed by atoms with Crippen LogP contribution in [0.15, 0.2) is 44.1 Å². The molecule has 12 heteroatoms. The Morgan fingerprint density at radius 1 is 1.25 bits per heavy atom. The average Bonchev–Trinajstić information content (AvgIpc) is 3.50. The highest BCUT2D eigenvalue weighted by Gasteiger charge is 2.24. The van der Waals surface area contributed by atoms with Crippen LogP contribution in [-0.2, 0) is 30.2 Å². The number of carbonyl (C=O) groups excluding carboxylic acids is 2. The van der Waals surface area contributed by atoms with Crippen LogP contribution in [0, 0.1) is 0 Å². The van der Waals surface area contributed by atoms with Crippen LogP contribution >= 0.6 is 11.3 Å². The molecule has 0 fully saturated rings. The Kier molecular flexibility index (Phi) is 5.53. The number of anilines is 1. The number of carbonyl (C=O) groups is 2. The van der Waals surface area contributed by atoms with Gasteiger partial charge in [-0.1, -0.05) is 0 Å². The van der Waals surface area contributed by atoms with E-state index in [4.69, 9.17) is 9.15 Å². The van der Waals surface area contributed by atoms with E-state index in [0.29, 0.717) is 16.3 Å². The largest absolute Gasteiger partial charge is 0.464 e. The van der Waals surface area contributed by atoms with Crippen molar-refractivity contribution in [2.24, 2.45) is 14.1 Å². The molecule has 0 aromatic carbocycles. The van der Waals surface area contributed by atoms with Gasteiger partial charge in [0.2, 0.25) is 5.91 Å². The third kappa shape index (κ3) is 3.54. The number of nitrogens with zero attached hydrogens (tertiary/aromatic N) is 4. The fourth-order valence-corrected chi connectivity index (χ4v) is 4.26. The van der Waals surface area contributed by atoms with E-state index in [1.54, 1.807) is 24.4 Å². The summed E-state index contributed by atoms with van der Waals surface area (Å²) in [6, 6.07) is 3.40. The molecule has 4 aromatic heterocycles. The van der Waals surface area contributed by atoms with Gasteiger partial charge in [0.15, 0.2) is 11.2 Å². The third-order valence-electron chi connectivity index (χ3n) is 4.84. The van der Waals surface area contributed by atoms with Crippen LogP contribution in [0.5, 0.6) is 0 Å². The van der Waals surface area contributed by atoms with Gasteiger partial charge >= 0.3 is 11.7 Å². The Morgan fingerprint density at radius 3 is 2.72 bits per heavy atom. The second-order valence-electron chi connectivity index (χ2n) is 6.85. The number of aromatic nitrogens is 4. The number of fused-ring (bicyclic) bond motifs is 1. The van der Waals surface area contributed by atoms with Gasteiger partial charge in [-0.25, -0.2) is 14.6 Å². The van der Waals surface area contributed by atoms with E-state index in [-0.39, 0.29) is 29.9 Å². The molecule has 0 aliphatic carbocycles. The summed E-state index contributed by atoms with van der Waals surface area (Å²) in [4.78, 5) is 54.1. The van der Waals surface area contributed by atoms with Crippen molar-refractivity contribution in [1.29, 1.82) is 0 Å². The maximum Gasteiger partial charge on any atom is 0.341 e. The van der Waals surface area contributed by atoms with E-state index >= 15 is 0 Å². The molecule has 0 spiro atoms. The third-order valence-corrected chi connectivity index (χ3v) is 5.74. The number of amides is 1. The maximum atomic E-state index is 12.8. The molecule has 0 aliphatic rings. The smallest absolute Gasteiger partial charge is 0.341 e. The van der Waals surface area contributed by atoms with Crippen molar-refractivity contribution >= 4 is 39.4 Å². The summed E-state index contributed by atoms with van der Waals surface area (Å²) in [7, 11) is 2.85. The van der Waals surface area contributed by atoms with Crippen molar-refractivity contribution < 1.29 is 18.7 Å². The minimum atomic E-state index is -0.590.